The number of rotatable bonds is 7. The van der Waals surface area contributed by atoms with Crippen molar-refractivity contribution >= 4 is 5.91 Å². The minimum absolute atomic E-state index is 0.0639. The fourth-order valence-corrected chi connectivity index (χ4v) is 3.80. The van der Waals surface area contributed by atoms with Gasteiger partial charge in [-0.3, -0.25) is 19.1 Å². The van der Waals surface area contributed by atoms with Crippen LogP contribution in [0.15, 0.2) is 18.6 Å². The molecule has 0 N–H and O–H groups in total. The highest BCUT2D eigenvalue weighted by molar-refractivity contribution is 5.99. The smallest absolute Gasteiger partial charge is 0.257 e. The summed E-state index contributed by atoms with van der Waals surface area (Å²) in [7, 11) is 1.87. The second-order valence-corrected chi connectivity index (χ2v) is 6.92. The van der Waals surface area contributed by atoms with Crippen molar-refractivity contribution in [3.63, 3.8) is 0 Å². The molecule has 1 aliphatic rings. The largest absolute Gasteiger partial charge is 0.337 e. The number of aromatic nitrogens is 4. The molecule has 1 aliphatic heterocycles. The van der Waals surface area contributed by atoms with E-state index in [1.807, 2.05) is 35.9 Å². The topological polar surface area (TPSA) is 59.2 Å². The van der Waals surface area contributed by atoms with Crippen LogP contribution < -0.4 is 0 Å². The van der Waals surface area contributed by atoms with Crippen molar-refractivity contribution in [1.82, 2.24) is 29.4 Å². The Morgan fingerprint density at radius 1 is 1.27 bits per heavy atom. The highest BCUT2D eigenvalue weighted by atomic mass is 16.2. The molecule has 1 amide bonds. The lowest BCUT2D eigenvalue weighted by atomic mass is 10.1. The van der Waals surface area contributed by atoms with Gasteiger partial charge in [0.05, 0.1) is 11.8 Å². The van der Waals surface area contributed by atoms with Gasteiger partial charge in [-0.2, -0.15) is 10.2 Å². The monoisotopic (exact) mass is 358 g/mol. The molecule has 7 nitrogen and oxygen atoms in total. The van der Waals surface area contributed by atoms with Gasteiger partial charge in [0.2, 0.25) is 0 Å². The van der Waals surface area contributed by atoms with Gasteiger partial charge < -0.3 is 4.90 Å². The van der Waals surface area contributed by atoms with Crippen molar-refractivity contribution in [3.8, 4) is 11.3 Å². The molecule has 2 aromatic heterocycles. The number of aryl methyl sites for hydroxylation is 2. The molecule has 1 atom stereocenters. The number of nitrogens with zero attached hydrogens (tertiary/aromatic N) is 6. The summed E-state index contributed by atoms with van der Waals surface area (Å²) in [6.45, 7) is 10.7. The summed E-state index contributed by atoms with van der Waals surface area (Å²) in [6.07, 6.45) is 7.94. The van der Waals surface area contributed by atoms with E-state index in [1.165, 1.54) is 12.8 Å². The number of hydrogen-bond acceptors (Lipinski definition) is 4. The molecule has 0 spiro atoms. The summed E-state index contributed by atoms with van der Waals surface area (Å²) in [4.78, 5) is 17.8. The Bertz CT molecular complexity index is 749. The summed E-state index contributed by atoms with van der Waals surface area (Å²) >= 11 is 0. The zero-order valence-electron chi connectivity index (χ0n) is 16.4. The number of likely N-dealkylation sites (tertiary alicyclic amines) is 1. The molecule has 26 heavy (non-hydrogen) atoms. The third kappa shape index (κ3) is 3.67. The van der Waals surface area contributed by atoms with Gasteiger partial charge in [0, 0.05) is 50.7 Å². The summed E-state index contributed by atoms with van der Waals surface area (Å²) < 4.78 is 3.57. The molecular formula is C19H30N6O. The highest BCUT2D eigenvalue weighted by Crippen LogP contribution is 2.24. The van der Waals surface area contributed by atoms with Gasteiger partial charge in [0.15, 0.2) is 0 Å². The molecule has 0 radical (unpaired) electrons. The molecule has 0 aliphatic carbocycles. The highest BCUT2D eigenvalue weighted by Gasteiger charge is 2.29. The molecule has 1 fully saturated rings. The zero-order chi connectivity index (χ0) is 18.7. The Morgan fingerprint density at radius 3 is 2.69 bits per heavy atom. The average molecular weight is 358 g/mol. The predicted molar refractivity (Wildman–Crippen MR) is 102 cm³/mol. The van der Waals surface area contributed by atoms with Gasteiger partial charge in [-0.15, -0.1) is 0 Å². The Balaban J connectivity index is 1.86. The van der Waals surface area contributed by atoms with Crippen LogP contribution in [0.3, 0.4) is 0 Å². The van der Waals surface area contributed by atoms with E-state index >= 15 is 0 Å². The van der Waals surface area contributed by atoms with Gasteiger partial charge in [0.1, 0.15) is 5.69 Å². The van der Waals surface area contributed by atoms with Crippen LogP contribution in [-0.2, 0) is 13.6 Å². The maximum atomic E-state index is 13.3. The fraction of sp³-hybridized carbons (Fsp3) is 0.632. The van der Waals surface area contributed by atoms with Crippen LogP contribution in [0.25, 0.3) is 11.3 Å². The first kappa shape index (κ1) is 18.6. The number of hydrogen-bond donors (Lipinski definition) is 0. The quantitative estimate of drug-likeness (QED) is 0.762. The molecule has 7 heteroatoms. The van der Waals surface area contributed by atoms with Gasteiger partial charge in [-0.1, -0.05) is 6.92 Å². The molecule has 3 heterocycles. The van der Waals surface area contributed by atoms with E-state index in [0.29, 0.717) is 18.2 Å². The Kier molecular flexibility index (Phi) is 5.76. The first-order valence-corrected chi connectivity index (χ1v) is 9.67. The molecule has 1 saturated heterocycles. The number of carbonyl (C=O) groups is 1. The average Bonchev–Trinajstić information content (AvgIpc) is 3.37. The summed E-state index contributed by atoms with van der Waals surface area (Å²) in [5, 5.41) is 8.85. The Hall–Kier alpha value is -2.15. The maximum absolute atomic E-state index is 13.3. The first-order valence-electron chi connectivity index (χ1n) is 9.67. The van der Waals surface area contributed by atoms with E-state index < -0.39 is 0 Å². The fourth-order valence-electron chi connectivity index (χ4n) is 3.80. The van der Waals surface area contributed by atoms with E-state index in [-0.39, 0.29) is 5.91 Å². The van der Waals surface area contributed by atoms with Crippen molar-refractivity contribution in [2.75, 3.05) is 26.2 Å². The molecule has 0 aromatic carbocycles. The van der Waals surface area contributed by atoms with Crippen LogP contribution in [-0.4, -0.2) is 67.5 Å². The van der Waals surface area contributed by atoms with Crippen molar-refractivity contribution in [2.24, 2.45) is 7.05 Å². The second kappa shape index (κ2) is 8.03. The molecule has 1 unspecified atom stereocenters. The van der Waals surface area contributed by atoms with Crippen molar-refractivity contribution in [1.29, 1.82) is 0 Å². The SMILES string of the molecule is CCN(CC1CCCN1CC)C(=O)c1cn(CC)nc1-c1cnn(C)c1. The van der Waals surface area contributed by atoms with E-state index in [9.17, 15) is 4.79 Å². The molecule has 2 aromatic rings. The normalized spacial score (nSPS) is 17.8. The standard InChI is InChI=1S/C19H30N6O/c1-5-23-10-8-9-16(23)13-24(6-2)19(26)17-14-25(7-3)21-18(17)15-11-20-22(4)12-15/h11-12,14,16H,5-10,13H2,1-4H3. The third-order valence-corrected chi connectivity index (χ3v) is 5.30. The maximum Gasteiger partial charge on any atom is 0.257 e. The van der Waals surface area contributed by atoms with E-state index in [4.69, 9.17) is 0 Å². The summed E-state index contributed by atoms with van der Waals surface area (Å²) in [6, 6.07) is 0.465. The van der Waals surface area contributed by atoms with Crippen LogP contribution in [0.1, 0.15) is 44.0 Å². The van der Waals surface area contributed by atoms with Gasteiger partial charge in [-0.25, -0.2) is 0 Å². The second-order valence-electron chi connectivity index (χ2n) is 6.92. The number of likely N-dealkylation sites (N-methyl/N-ethyl adjacent to an activating group) is 2. The van der Waals surface area contributed by atoms with Crippen LogP contribution in [0.4, 0.5) is 0 Å². The molecular weight excluding hydrogens is 328 g/mol. The van der Waals surface area contributed by atoms with Crippen molar-refractivity contribution in [2.45, 2.75) is 46.2 Å². The third-order valence-electron chi connectivity index (χ3n) is 5.30. The van der Waals surface area contributed by atoms with E-state index in [2.05, 4.69) is 28.9 Å². The van der Waals surface area contributed by atoms with E-state index in [0.717, 1.165) is 37.4 Å². The molecule has 3 rings (SSSR count). The predicted octanol–water partition coefficient (Wildman–Crippen LogP) is 2.25. The van der Waals surface area contributed by atoms with Crippen molar-refractivity contribution in [3.05, 3.63) is 24.2 Å². The number of carbonyl (C=O) groups excluding carboxylic acids is 1. The molecule has 142 valence electrons. The summed E-state index contributed by atoms with van der Waals surface area (Å²) in [5.41, 5.74) is 2.28. The summed E-state index contributed by atoms with van der Waals surface area (Å²) in [5.74, 6) is 0.0639. The van der Waals surface area contributed by atoms with Gasteiger partial charge >= 0.3 is 0 Å². The van der Waals surface area contributed by atoms with Gasteiger partial charge in [0.25, 0.3) is 5.91 Å². The Morgan fingerprint density at radius 2 is 2.08 bits per heavy atom. The van der Waals surface area contributed by atoms with Crippen LogP contribution in [0, 0.1) is 0 Å². The Labute approximate surface area is 155 Å². The minimum atomic E-state index is 0.0639. The lowest BCUT2D eigenvalue weighted by Gasteiger charge is -2.29. The molecule has 0 bridgehead atoms. The van der Waals surface area contributed by atoms with Crippen LogP contribution in [0.5, 0.6) is 0 Å². The van der Waals surface area contributed by atoms with E-state index in [1.54, 1.807) is 10.9 Å². The number of amides is 1. The lowest BCUT2D eigenvalue weighted by Crippen LogP contribution is -2.43. The minimum Gasteiger partial charge on any atom is -0.337 e. The van der Waals surface area contributed by atoms with Crippen molar-refractivity contribution < 1.29 is 4.79 Å². The lowest BCUT2D eigenvalue weighted by molar-refractivity contribution is 0.0718. The van der Waals surface area contributed by atoms with Gasteiger partial charge in [-0.05, 0) is 39.8 Å². The van der Waals surface area contributed by atoms with Crippen LogP contribution in [0.2, 0.25) is 0 Å². The molecule has 0 saturated carbocycles. The first-order chi connectivity index (χ1) is 12.6. The van der Waals surface area contributed by atoms with Crippen LogP contribution >= 0.6 is 0 Å². The zero-order valence-corrected chi connectivity index (χ0v) is 16.4.